The van der Waals surface area contributed by atoms with Crippen molar-refractivity contribution in [2.75, 3.05) is 26.3 Å². The molecule has 0 amide bonds. The molecule has 0 aliphatic heterocycles. The molecule has 0 aromatic heterocycles. The first kappa shape index (κ1) is 23.0. The van der Waals surface area contributed by atoms with E-state index in [4.69, 9.17) is 4.74 Å². The van der Waals surface area contributed by atoms with Crippen molar-refractivity contribution in [1.29, 1.82) is 0 Å². The van der Waals surface area contributed by atoms with E-state index in [0.717, 1.165) is 45.2 Å². The van der Waals surface area contributed by atoms with Gasteiger partial charge in [0.1, 0.15) is 6.61 Å². The molecule has 1 N–H and O–H groups in total. The van der Waals surface area contributed by atoms with Gasteiger partial charge in [0.25, 0.3) is 5.92 Å². The second-order valence-corrected chi connectivity index (χ2v) is 5.99. The van der Waals surface area contributed by atoms with Crippen LogP contribution in [0.15, 0.2) is 30.3 Å². The lowest BCUT2D eigenvalue weighted by molar-refractivity contribution is -0.0831. The third kappa shape index (κ3) is 12.4. The monoisotopic (exact) mass is 343 g/mol. The lowest BCUT2D eigenvalue weighted by Crippen LogP contribution is -2.21. The van der Waals surface area contributed by atoms with Gasteiger partial charge in [-0.15, -0.1) is 0 Å². The second kappa shape index (κ2) is 15.5. The minimum atomic E-state index is -2.90. The third-order valence-corrected chi connectivity index (χ3v) is 3.30. The highest BCUT2D eigenvalue weighted by Crippen LogP contribution is 2.27. The van der Waals surface area contributed by atoms with Gasteiger partial charge in [-0.3, -0.25) is 0 Å². The summed E-state index contributed by atoms with van der Waals surface area (Å²) in [5.74, 6) is -2.90. The molecule has 24 heavy (non-hydrogen) atoms. The molecule has 0 atom stereocenters. The van der Waals surface area contributed by atoms with Crippen LogP contribution in [0.4, 0.5) is 8.78 Å². The highest BCUT2D eigenvalue weighted by atomic mass is 19.3. The fraction of sp³-hybridized carbons (Fsp3) is 0.700. The summed E-state index contributed by atoms with van der Waals surface area (Å²) in [6.45, 7) is 8.38. The Morgan fingerprint density at radius 2 is 1.54 bits per heavy atom. The Bertz CT molecular complexity index is 371. The number of hydrogen-bond donors (Lipinski definition) is 1. The van der Waals surface area contributed by atoms with Crippen molar-refractivity contribution in [3.05, 3.63) is 35.9 Å². The summed E-state index contributed by atoms with van der Waals surface area (Å²) in [5, 5.41) is 3.34. The van der Waals surface area contributed by atoms with E-state index in [-0.39, 0.29) is 5.56 Å². The second-order valence-electron chi connectivity index (χ2n) is 5.99. The Morgan fingerprint density at radius 1 is 0.917 bits per heavy atom. The maximum absolute atomic E-state index is 13.8. The third-order valence-electron chi connectivity index (χ3n) is 3.30. The molecule has 140 valence electrons. The van der Waals surface area contributed by atoms with Crippen LogP contribution >= 0.6 is 0 Å². The molecule has 1 aromatic carbocycles. The number of halogens is 2. The number of rotatable bonds is 12. The number of unbranched alkanes of at least 4 members (excludes halogenated alkanes) is 3. The maximum atomic E-state index is 13.8. The minimum Gasteiger partial charge on any atom is -0.375 e. The summed E-state index contributed by atoms with van der Waals surface area (Å²) >= 11 is 0. The van der Waals surface area contributed by atoms with E-state index < -0.39 is 12.5 Å². The Kier molecular flexibility index (Phi) is 14.9. The predicted molar refractivity (Wildman–Crippen MR) is 98.7 cm³/mol. The summed E-state index contributed by atoms with van der Waals surface area (Å²) in [6, 6.07) is 7.85. The van der Waals surface area contributed by atoms with Crippen molar-refractivity contribution in [3.8, 4) is 0 Å². The molecule has 1 rings (SSSR count). The van der Waals surface area contributed by atoms with Crippen molar-refractivity contribution in [3.63, 3.8) is 0 Å². The first-order valence-corrected chi connectivity index (χ1v) is 9.30. The van der Waals surface area contributed by atoms with E-state index in [1.807, 2.05) is 0 Å². The van der Waals surface area contributed by atoms with Gasteiger partial charge in [-0.1, -0.05) is 70.4 Å². The van der Waals surface area contributed by atoms with Crippen LogP contribution in [0.25, 0.3) is 0 Å². The maximum Gasteiger partial charge on any atom is 0.296 e. The van der Waals surface area contributed by atoms with E-state index in [9.17, 15) is 8.78 Å². The molecule has 0 aliphatic carbocycles. The van der Waals surface area contributed by atoms with Crippen molar-refractivity contribution in [2.45, 2.75) is 65.2 Å². The number of ether oxygens (including phenoxy) is 1. The van der Waals surface area contributed by atoms with Crippen LogP contribution in [-0.4, -0.2) is 26.3 Å². The first-order chi connectivity index (χ1) is 11.6. The standard InChI is InChI=1S/C17H27F2NO.C3H8/c1-2-12-20-13-8-3-4-9-14-21-15-17(18,19)16-10-6-5-7-11-16;1-3-2/h5-7,10-11,20H,2-4,8-9,12-15H2,1H3;3H2,1-2H3. The molecule has 2 nitrogen and oxygen atoms in total. The fourth-order valence-corrected chi connectivity index (χ4v) is 2.08. The molecule has 0 unspecified atom stereocenters. The Labute approximate surface area is 147 Å². The van der Waals surface area contributed by atoms with Crippen LogP contribution < -0.4 is 5.32 Å². The minimum absolute atomic E-state index is 0.0204. The number of nitrogens with one attached hydrogen (secondary N) is 1. The Morgan fingerprint density at radius 3 is 2.17 bits per heavy atom. The van der Waals surface area contributed by atoms with Crippen LogP contribution in [0.2, 0.25) is 0 Å². The predicted octanol–water partition coefficient (Wildman–Crippen LogP) is 5.77. The summed E-state index contributed by atoms with van der Waals surface area (Å²) in [7, 11) is 0. The summed E-state index contributed by atoms with van der Waals surface area (Å²) in [5.41, 5.74) is 0.0204. The largest absolute Gasteiger partial charge is 0.375 e. The van der Waals surface area contributed by atoms with Gasteiger partial charge in [-0.05, 0) is 32.4 Å². The molecule has 0 spiro atoms. The molecule has 0 fully saturated rings. The normalized spacial score (nSPS) is 11.0. The fourth-order valence-electron chi connectivity index (χ4n) is 2.08. The van der Waals surface area contributed by atoms with Crippen LogP contribution in [0.3, 0.4) is 0 Å². The van der Waals surface area contributed by atoms with Crippen LogP contribution in [0.5, 0.6) is 0 Å². The Balaban J connectivity index is 0.00000163. The van der Waals surface area contributed by atoms with Gasteiger partial charge in [0, 0.05) is 12.2 Å². The zero-order valence-corrected chi connectivity index (χ0v) is 15.6. The van der Waals surface area contributed by atoms with Crippen molar-refractivity contribution < 1.29 is 13.5 Å². The molecule has 1 aromatic rings. The zero-order valence-electron chi connectivity index (χ0n) is 15.6. The molecule has 4 heteroatoms. The number of benzene rings is 1. The van der Waals surface area contributed by atoms with Crippen LogP contribution in [0.1, 0.15) is 64.9 Å². The van der Waals surface area contributed by atoms with Gasteiger partial charge in [0.15, 0.2) is 0 Å². The molecule has 0 bridgehead atoms. The average molecular weight is 344 g/mol. The van der Waals surface area contributed by atoms with E-state index in [2.05, 4.69) is 26.1 Å². The van der Waals surface area contributed by atoms with Gasteiger partial charge in [0.05, 0.1) is 0 Å². The van der Waals surface area contributed by atoms with Crippen LogP contribution in [-0.2, 0) is 10.7 Å². The van der Waals surface area contributed by atoms with Gasteiger partial charge in [-0.25, -0.2) is 0 Å². The van der Waals surface area contributed by atoms with E-state index in [1.165, 1.54) is 18.6 Å². The number of alkyl halides is 2. The highest BCUT2D eigenvalue weighted by molar-refractivity contribution is 5.19. The molecule has 0 aliphatic rings. The molecule has 0 radical (unpaired) electrons. The molecular formula is C20H35F2NO. The molecular weight excluding hydrogens is 308 g/mol. The molecule has 0 saturated carbocycles. The van der Waals surface area contributed by atoms with Gasteiger partial charge in [0.2, 0.25) is 0 Å². The summed E-state index contributed by atoms with van der Waals surface area (Å²) < 4.78 is 32.7. The SMILES string of the molecule is CCC.CCCNCCCCCCOCC(F)(F)c1ccccc1. The van der Waals surface area contributed by atoms with Gasteiger partial charge in [-0.2, -0.15) is 8.78 Å². The molecule has 0 heterocycles. The van der Waals surface area contributed by atoms with E-state index in [1.54, 1.807) is 18.2 Å². The van der Waals surface area contributed by atoms with Gasteiger partial charge < -0.3 is 10.1 Å². The number of hydrogen-bond acceptors (Lipinski definition) is 2. The summed E-state index contributed by atoms with van der Waals surface area (Å²) in [4.78, 5) is 0. The smallest absolute Gasteiger partial charge is 0.296 e. The Hall–Kier alpha value is -1.00. The highest BCUT2D eigenvalue weighted by Gasteiger charge is 2.31. The zero-order chi connectivity index (χ0) is 18.1. The van der Waals surface area contributed by atoms with E-state index in [0.29, 0.717) is 6.61 Å². The van der Waals surface area contributed by atoms with E-state index >= 15 is 0 Å². The first-order valence-electron chi connectivity index (χ1n) is 9.30. The van der Waals surface area contributed by atoms with Crippen molar-refractivity contribution in [1.82, 2.24) is 5.32 Å². The lowest BCUT2D eigenvalue weighted by Gasteiger charge is -2.16. The lowest BCUT2D eigenvalue weighted by atomic mass is 10.1. The molecule has 0 saturated heterocycles. The van der Waals surface area contributed by atoms with Crippen LogP contribution in [0, 0.1) is 0 Å². The van der Waals surface area contributed by atoms with Crippen molar-refractivity contribution >= 4 is 0 Å². The average Bonchev–Trinajstić information content (AvgIpc) is 2.58. The quantitative estimate of drug-likeness (QED) is 0.486. The summed E-state index contributed by atoms with van der Waals surface area (Å²) in [6.07, 6.45) is 6.54. The van der Waals surface area contributed by atoms with Gasteiger partial charge >= 0.3 is 0 Å². The topological polar surface area (TPSA) is 21.3 Å². The van der Waals surface area contributed by atoms with Crippen molar-refractivity contribution in [2.24, 2.45) is 0 Å².